The van der Waals surface area contributed by atoms with Crippen molar-refractivity contribution in [3.63, 3.8) is 0 Å². The average molecular weight is 405 g/mol. The lowest BCUT2D eigenvalue weighted by molar-refractivity contribution is -0.267. The number of ether oxygens (including phenoxy) is 2. The lowest BCUT2D eigenvalue weighted by Gasteiger charge is -2.23. The van der Waals surface area contributed by atoms with Crippen molar-refractivity contribution in [2.24, 2.45) is 0 Å². The Kier molecular flexibility index (Phi) is 7.29. The zero-order valence-corrected chi connectivity index (χ0v) is 16.1. The maximum Gasteiger partial charge on any atom is 0.335 e. The van der Waals surface area contributed by atoms with Crippen molar-refractivity contribution >= 4 is 11.9 Å². The van der Waals surface area contributed by atoms with Crippen LogP contribution in [0.3, 0.4) is 0 Å². The van der Waals surface area contributed by atoms with Gasteiger partial charge in [0, 0.05) is 12.6 Å². The Morgan fingerprint density at radius 1 is 1.00 bits per heavy atom. The summed E-state index contributed by atoms with van der Waals surface area (Å²) in [5.74, 6) is -1.31. The van der Waals surface area contributed by atoms with Crippen LogP contribution in [0.2, 0.25) is 0 Å². The van der Waals surface area contributed by atoms with Crippen LogP contribution in [0.1, 0.15) is 33.2 Å². The molecule has 0 saturated heterocycles. The van der Waals surface area contributed by atoms with Gasteiger partial charge in [0.2, 0.25) is 6.29 Å². The van der Waals surface area contributed by atoms with Crippen molar-refractivity contribution < 1.29 is 39.5 Å². The molecule has 2 aromatic carbocycles. The number of benzene rings is 2. The molecule has 9 heteroatoms. The highest BCUT2D eigenvalue weighted by molar-refractivity contribution is 5.99. The highest BCUT2D eigenvalue weighted by atomic mass is 16.7. The van der Waals surface area contributed by atoms with Crippen LogP contribution in [0.15, 0.2) is 36.4 Å². The number of aryl methyl sites for hydroxylation is 1. The third-order valence-electron chi connectivity index (χ3n) is 4.00. The molecule has 0 aliphatic rings. The van der Waals surface area contributed by atoms with Crippen molar-refractivity contribution in [1.29, 1.82) is 0 Å². The van der Waals surface area contributed by atoms with Gasteiger partial charge in [0.25, 0.3) is 12.2 Å². The number of aromatic carboxylic acids is 1. The average Bonchev–Trinajstić information content (AvgIpc) is 2.67. The van der Waals surface area contributed by atoms with Gasteiger partial charge in [0.15, 0.2) is 6.29 Å². The fraction of sp³-hybridized carbons (Fsp3) is 0.300. The van der Waals surface area contributed by atoms with Gasteiger partial charge >= 0.3 is 5.97 Å². The van der Waals surface area contributed by atoms with Crippen molar-refractivity contribution in [3.05, 3.63) is 53.1 Å². The predicted molar refractivity (Wildman–Crippen MR) is 102 cm³/mol. The Morgan fingerprint density at radius 2 is 1.66 bits per heavy atom. The number of carboxylic acid groups (broad SMARTS) is 1. The number of hydrogen-bond donors (Lipinski definition) is 5. The number of carbonyl (C=O) groups excluding carboxylic acids is 1. The molecule has 156 valence electrons. The Balaban J connectivity index is 2.40. The lowest BCUT2D eigenvalue weighted by Crippen LogP contribution is -2.37. The molecule has 0 aliphatic carbocycles. The number of aliphatic hydroxyl groups is 3. The van der Waals surface area contributed by atoms with Gasteiger partial charge in [-0.15, -0.1) is 0 Å². The lowest BCUT2D eigenvalue weighted by atomic mass is 9.98. The van der Waals surface area contributed by atoms with E-state index in [4.69, 9.17) is 9.47 Å². The SMILES string of the molecule is CNC(=O)c1cc(C(=O)O)cc(-c2ccc(OC(OC(C)O)C(O)O)c(C)c2)c1. The molecule has 9 nitrogen and oxygen atoms in total. The first kappa shape index (κ1) is 22.3. The van der Waals surface area contributed by atoms with E-state index >= 15 is 0 Å². The minimum Gasteiger partial charge on any atom is -0.478 e. The molecule has 2 aromatic rings. The topological polar surface area (TPSA) is 146 Å². The van der Waals surface area contributed by atoms with Gasteiger partial charge < -0.3 is 35.2 Å². The number of carbonyl (C=O) groups is 2. The van der Waals surface area contributed by atoms with Crippen molar-refractivity contribution in [3.8, 4) is 16.9 Å². The number of hydrogen-bond acceptors (Lipinski definition) is 7. The first-order valence-corrected chi connectivity index (χ1v) is 8.70. The summed E-state index contributed by atoms with van der Waals surface area (Å²) in [4.78, 5) is 23.4. The zero-order valence-electron chi connectivity index (χ0n) is 16.1. The van der Waals surface area contributed by atoms with Crippen LogP contribution in [0, 0.1) is 6.92 Å². The first-order valence-electron chi connectivity index (χ1n) is 8.70. The minimum absolute atomic E-state index is 0.0344. The van der Waals surface area contributed by atoms with Crippen LogP contribution < -0.4 is 10.1 Å². The monoisotopic (exact) mass is 405 g/mol. The van der Waals surface area contributed by atoms with Crippen LogP contribution in [-0.2, 0) is 4.74 Å². The number of aliphatic hydroxyl groups excluding tert-OH is 2. The van der Waals surface area contributed by atoms with Gasteiger partial charge in [-0.1, -0.05) is 6.07 Å². The van der Waals surface area contributed by atoms with Crippen molar-refractivity contribution in [2.75, 3.05) is 7.05 Å². The molecule has 0 spiro atoms. The van der Waals surface area contributed by atoms with Gasteiger partial charge in [-0.2, -0.15) is 0 Å². The summed E-state index contributed by atoms with van der Waals surface area (Å²) in [6, 6.07) is 9.15. The van der Waals surface area contributed by atoms with Crippen LogP contribution in [-0.4, -0.2) is 58.2 Å². The summed E-state index contributed by atoms with van der Waals surface area (Å²) < 4.78 is 10.3. The van der Waals surface area contributed by atoms with E-state index in [2.05, 4.69) is 5.32 Å². The molecule has 2 rings (SSSR count). The summed E-state index contributed by atoms with van der Waals surface area (Å²) in [5, 5.41) is 39.7. The molecule has 0 aliphatic heterocycles. The zero-order chi connectivity index (χ0) is 21.7. The molecule has 1 amide bonds. The fourth-order valence-electron chi connectivity index (χ4n) is 2.63. The van der Waals surface area contributed by atoms with Gasteiger partial charge in [0.1, 0.15) is 5.75 Å². The Bertz CT molecular complexity index is 894. The molecule has 0 fully saturated rings. The first-order chi connectivity index (χ1) is 13.6. The van der Waals surface area contributed by atoms with E-state index in [1.807, 2.05) is 0 Å². The number of nitrogens with one attached hydrogen (secondary N) is 1. The van der Waals surface area contributed by atoms with Crippen LogP contribution >= 0.6 is 0 Å². The molecule has 0 aromatic heterocycles. The van der Waals surface area contributed by atoms with E-state index in [1.54, 1.807) is 31.2 Å². The summed E-state index contributed by atoms with van der Waals surface area (Å²) >= 11 is 0. The van der Waals surface area contributed by atoms with E-state index in [1.165, 1.54) is 26.1 Å². The Morgan fingerprint density at radius 3 is 2.17 bits per heavy atom. The van der Waals surface area contributed by atoms with Crippen LogP contribution in [0.5, 0.6) is 5.75 Å². The van der Waals surface area contributed by atoms with Crippen LogP contribution in [0.4, 0.5) is 0 Å². The highest BCUT2D eigenvalue weighted by Crippen LogP contribution is 2.29. The second kappa shape index (κ2) is 9.48. The molecule has 0 heterocycles. The number of rotatable bonds is 8. The minimum atomic E-state index is -1.98. The Hall–Kier alpha value is -2.98. The van der Waals surface area contributed by atoms with Gasteiger partial charge in [-0.3, -0.25) is 4.79 Å². The fourth-order valence-corrected chi connectivity index (χ4v) is 2.63. The maximum atomic E-state index is 12.0. The third kappa shape index (κ3) is 5.75. The van der Waals surface area contributed by atoms with Crippen molar-refractivity contribution in [1.82, 2.24) is 5.32 Å². The molecule has 0 bridgehead atoms. The summed E-state index contributed by atoms with van der Waals surface area (Å²) in [7, 11) is 1.45. The number of amides is 1. The maximum absolute atomic E-state index is 12.0. The van der Waals surface area contributed by atoms with Crippen LogP contribution in [0.25, 0.3) is 11.1 Å². The highest BCUT2D eigenvalue weighted by Gasteiger charge is 2.22. The smallest absolute Gasteiger partial charge is 0.335 e. The number of carboxylic acids is 1. The normalized spacial score (nSPS) is 13.1. The molecule has 5 N–H and O–H groups in total. The van der Waals surface area contributed by atoms with E-state index < -0.39 is 30.7 Å². The predicted octanol–water partition coefficient (Wildman–Crippen LogP) is 1.09. The molecule has 0 saturated carbocycles. The Labute approximate surface area is 167 Å². The van der Waals surface area contributed by atoms with Gasteiger partial charge in [-0.05, 0) is 60.9 Å². The summed E-state index contributed by atoms with van der Waals surface area (Å²) in [5.41, 5.74) is 1.89. The van der Waals surface area contributed by atoms with Crippen molar-refractivity contribution in [2.45, 2.75) is 32.7 Å². The van der Waals surface area contributed by atoms with Gasteiger partial charge in [-0.25, -0.2) is 4.79 Å². The largest absolute Gasteiger partial charge is 0.478 e. The molecule has 0 radical (unpaired) electrons. The molecule has 2 atom stereocenters. The van der Waals surface area contributed by atoms with E-state index in [9.17, 15) is 30.0 Å². The third-order valence-corrected chi connectivity index (χ3v) is 4.00. The molecule has 2 unspecified atom stereocenters. The second-order valence-electron chi connectivity index (χ2n) is 6.30. The second-order valence-corrected chi connectivity index (χ2v) is 6.30. The quantitative estimate of drug-likeness (QED) is 0.410. The van der Waals surface area contributed by atoms with E-state index in [-0.39, 0.29) is 16.9 Å². The standard InChI is InChI=1S/C20H23NO8/c1-10-6-12(4-5-16(10)29-20(19(26)27)28-11(2)22)13-7-14(17(23)21-3)9-15(8-13)18(24)25/h4-9,11,19-20,22,26-27H,1-3H3,(H,21,23)(H,24,25). The van der Waals surface area contributed by atoms with Gasteiger partial charge in [0.05, 0.1) is 5.56 Å². The summed E-state index contributed by atoms with van der Waals surface area (Å²) in [6.07, 6.45) is -4.76. The molecule has 29 heavy (non-hydrogen) atoms. The molecular weight excluding hydrogens is 382 g/mol. The molecular formula is C20H23NO8. The summed E-state index contributed by atoms with van der Waals surface area (Å²) in [6.45, 7) is 3.00. The van der Waals surface area contributed by atoms with E-state index in [0.29, 0.717) is 16.7 Å². The van der Waals surface area contributed by atoms with E-state index in [0.717, 1.165) is 0 Å².